The molecule has 1 fully saturated rings. The van der Waals surface area contributed by atoms with E-state index in [1.807, 2.05) is 0 Å². The van der Waals surface area contributed by atoms with E-state index in [1.165, 1.54) is 24.0 Å². The maximum atomic E-state index is 5.76. The summed E-state index contributed by atoms with van der Waals surface area (Å²) in [5.74, 6) is 3.37. The maximum absolute atomic E-state index is 5.76. The second kappa shape index (κ2) is 5.16. The van der Waals surface area contributed by atoms with Crippen LogP contribution in [0.4, 0.5) is 0 Å². The lowest BCUT2D eigenvalue weighted by atomic mass is 10.0. The molecule has 1 aromatic rings. The van der Waals surface area contributed by atoms with Crippen LogP contribution >= 0.6 is 0 Å². The highest BCUT2D eigenvalue weighted by Gasteiger charge is 2.23. The number of hydrogen-bond acceptors (Lipinski definition) is 2. The zero-order chi connectivity index (χ0) is 11.4. The van der Waals surface area contributed by atoms with Gasteiger partial charge in [0.05, 0.1) is 6.54 Å². The predicted octanol–water partition coefficient (Wildman–Crippen LogP) is 1.79. The summed E-state index contributed by atoms with van der Waals surface area (Å²) < 4.78 is 0. The molecule has 0 aliphatic heterocycles. The molecule has 0 saturated heterocycles. The van der Waals surface area contributed by atoms with Crippen LogP contribution in [-0.4, -0.2) is 13.1 Å². The lowest BCUT2D eigenvalue weighted by Gasteiger charge is -2.16. The van der Waals surface area contributed by atoms with Crippen LogP contribution in [0.1, 0.15) is 35.9 Å². The molecule has 1 atom stereocenters. The van der Waals surface area contributed by atoms with Gasteiger partial charge in [-0.1, -0.05) is 30.2 Å². The van der Waals surface area contributed by atoms with E-state index in [1.54, 1.807) is 0 Å². The Kier molecular flexibility index (Phi) is 3.61. The van der Waals surface area contributed by atoms with E-state index in [-0.39, 0.29) is 6.04 Å². The quantitative estimate of drug-likeness (QED) is 0.733. The Morgan fingerprint density at radius 2 is 2.31 bits per heavy atom. The topological polar surface area (TPSA) is 38.0 Å². The molecule has 0 aromatic heterocycles. The van der Waals surface area contributed by atoms with Gasteiger partial charge in [0.25, 0.3) is 0 Å². The van der Waals surface area contributed by atoms with Crippen molar-refractivity contribution >= 4 is 0 Å². The van der Waals surface area contributed by atoms with Crippen LogP contribution in [0.5, 0.6) is 0 Å². The predicted molar refractivity (Wildman–Crippen MR) is 67.0 cm³/mol. The number of rotatable bonds is 5. The van der Waals surface area contributed by atoms with Gasteiger partial charge in [-0.3, -0.25) is 5.32 Å². The first-order valence-electron chi connectivity index (χ1n) is 5.82. The molecule has 1 unspecified atom stereocenters. The van der Waals surface area contributed by atoms with Gasteiger partial charge in [-0.2, -0.15) is 0 Å². The van der Waals surface area contributed by atoms with Crippen LogP contribution in [0, 0.1) is 12.3 Å². The summed E-state index contributed by atoms with van der Waals surface area (Å²) in [5, 5.41) is 3.26. The summed E-state index contributed by atoms with van der Waals surface area (Å²) in [7, 11) is 0. The second-order valence-corrected chi connectivity index (χ2v) is 4.32. The van der Waals surface area contributed by atoms with Crippen LogP contribution in [0.15, 0.2) is 24.3 Å². The third kappa shape index (κ3) is 2.63. The van der Waals surface area contributed by atoms with Gasteiger partial charge in [-0.15, -0.1) is 6.42 Å². The summed E-state index contributed by atoms with van der Waals surface area (Å²) in [6, 6.07) is 8.87. The third-order valence-electron chi connectivity index (χ3n) is 3.05. The van der Waals surface area contributed by atoms with Crippen LogP contribution < -0.4 is 11.1 Å². The van der Waals surface area contributed by atoms with E-state index in [4.69, 9.17) is 12.2 Å². The van der Waals surface area contributed by atoms with Crippen molar-refractivity contribution in [3.05, 3.63) is 35.4 Å². The first kappa shape index (κ1) is 11.2. The molecular weight excluding hydrogens is 196 g/mol. The molecule has 2 nitrogen and oxygen atoms in total. The van der Waals surface area contributed by atoms with Crippen molar-refractivity contribution in [1.82, 2.24) is 5.32 Å². The average Bonchev–Trinajstić information content (AvgIpc) is 3.14. The van der Waals surface area contributed by atoms with E-state index in [0.717, 1.165) is 5.92 Å². The van der Waals surface area contributed by atoms with E-state index >= 15 is 0 Å². The van der Waals surface area contributed by atoms with Gasteiger partial charge in [0, 0.05) is 12.6 Å². The molecule has 1 aliphatic rings. The van der Waals surface area contributed by atoms with Crippen molar-refractivity contribution < 1.29 is 0 Å². The van der Waals surface area contributed by atoms with E-state index < -0.39 is 0 Å². The van der Waals surface area contributed by atoms with Crippen molar-refractivity contribution in [3.8, 4) is 12.3 Å². The molecule has 1 aromatic carbocycles. The maximum Gasteiger partial charge on any atom is 0.0578 e. The Morgan fingerprint density at radius 1 is 1.50 bits per heavy atom. The van der Waals surface area contributed by atoms with Gasteiger partial charge >= 0.3 is 0 Å². The minimum absolute atomic E-state index is 0.176. The molecule has 2 rings (SSSR count). The van der Waals surface area contributed by atoms with Crippen LogP contribution in [0.25, 0.3) is 0 Å². The lowest BCUT2D eigenvalue weighted by molar-refractivity contribution is 0.581. The molecule has 2 heteroatoms. The summed E-state index contributed by atoms with van der Waals surface area (Å²) >= 11 is 0. The number of benzene rings is 1. The Hall–Kier alpha value is -1.30. The first-order valence-corrected chi connectivity index (χ1v) is 5.82. The molecular formula is C14H18N2. The summed E-state index contributed by atoms with van der Waals surface area (Å²) in [5.41, 5.74) is 8.45. The van der Waals surface area contributed by atoms with E-state index in [9.17, 15) is 0 Å². The molecule has 1 aliphatic carbocycles. The van der Waals surface area contributed by atoms with Gasteiger partial charge < -0.3 is 5.73 Å². The third-order valence-corrected chi connectivity index (χ3v) is 3.05. The van der Waals surface area contributed by atoms with E-state index in [0.29, 0.717) is 13.1 Å². The molecule has 0 radical (unpaired) electrons. The summed E-state index contributed by atoms with van der Waals surface area (Å²) in [6.45, 7) is 1.14. The van der Waals surface area contributed by atoms with Crippen molar-refractivity contribution in [2.45, 2.75) is 24.8 Å². The zero-order valence-corrected chi connectivity index (χ0v) is 9.45. The van der Waals surface area contributed by atoms with Gasteiger partial charge in [-0.25, -0.2) is 0 Å². The zero-order valence-electron chi connectivity index (χ0n) is 9.45. The minimum Gasteiger partial charge on any atom is -0.329 e. The van der Waals surface area contributed by atoms with Gasteiger partial charge in [0.1, 0.15) is 0 Å². The highest BCUT2D eigenvalue weighted by Crippen LogP contribution is 2.40. The van der Waals surface area contributed by atoms with Crippen LogP contribution in [-0.2, 0) is 0 Å². The molecule has 1 saturated carbocycles. The van der Waals surface area contributed by atoms with Gasteiger partial charge in [-0.05, 0) is 29.9 Å². The van der Waals surface area contributed by atoms with Crippen molar-refractivity contribution in [1.29, 1.82) is 0 Å². The molecule has 0 bridgehead atoms. The largest absolute Gasteiger partial charge is 0.329 e. The number of hydrogen-bond donors (Lipinski definition) is 2. The SMILES string of the molecule is C#CCNC(CN)c1cccc(C2CC2)c1. The average molecular weight is 214 g/mol. The molecule has 84 valence electrons. The van der Waals surface area contributed by atoms with Crippen molar-refractivity contribution in [3.63, 3.8) is 0 Å². The number of terminal acetylenes is 1. The van der Waals surface area contributed by atoms with Crippen LogP contribution in [0.3, 0.4) is 0 Å². The fourth-order valence-corrected chi connectivity index (χ4v) is 1.97. The fraction of sp³-hybridized carbons (Fsp3) is 0.429. The smallest absolute Gasteiger partial charge is 0.0578 e. The minimum atomic E-state index is 0.176. The summed E-state index contributed by atoms with van der Waals surface area (Å²) in [6.07, 6.45) is 7.90. The lowest BCUT2D eigenvalue weighted by Crippen LogP contribution is -2.28. The molecule has 0 heterocycles. The molecule has 0 amide bonds. The molecule has 16 heavy (non-hydrogen) atoms. The highest BCUT2D eigenvalue weighted by molar-refractivity contribution is 5.31. The van der Waals surface area contributed by atoms with Gasteiger partial charge in [0.2, 0.25) is 0 Å². The number of nitrogens with one attached hydrogen (secondary N) is 1. The molecule has 3 N–H and O–H groups in total. The van der Waals surface area contributed by atoms with Crippen molar-refractivity contribution in [2.24, 2.45) is 5.73 Å². The normalized spacial score (nSPS) is 16.8. The van der Waals surface area contributed by atoms with E-state index in [2.05, 4.69) is 35.5 Å². The Morgan fingerprint density at radius 3 is 2.94 bits per heavy atom. The molecule has 0 spiro atoms. The monoisotopic (exact) mass is 214 g/mol. The Balaban J connectivity index is 2.10. The number of nitrogens with two attached hydrogens (primary N) is 1. The van der Waals surface area contributed by atoms with Gasteiger partial charge in [0.15, 0.2) is 0 Å². The second-order valence-electron chi connectivity index (χ2n) is 4.32. The first-order chi connectivity index (χ1) is 7.85. The standard InChI is InChI=1S/C14H18N2/c1-2-8-16-14(10-15)13-5-3-4-12(9-13)11-6-7-11/h1,3-5,9,11,14,16H,6-8,10,15H2. The Bertz CT molecular complexity index is 388. The van der Waals surface area contributed by atoms with Crippen LogP contribution in [0.2, 0.25) is 0 Å². The fourth-order valence-electron chi connectivity index (χ4n) is 1.97. The Labute approximate surface area is 97.2 Å². The highest BCUT2D eigenvalue weighted by atomic mass is 14.9. The van der Waals surface area contributed by atoms with Crippen molar-refractivity contribution in [2.75, 3.05) is 13.1 Å². The summed E-state index contributed by atoms with van der Waals surface area (Å²) in [4.78, 5) is 0.